The van der Waals surface area contributed by atoms with E-state index in [-0.39, 0.29) is 12.0 Å². The Morgan fingerprint density at radius 2 is 1.64 bits per heavy atom. The second-order valence-electron chi connectivity index (χ2n) is 5.84. The molecule has 0 aromatic carbocycles. The first kappa shape index (κ1) is 17.6. The summed E-state index contributed by atoms with van der Waals surface area (Å²) in [4.78, 5) is 0. The van der Waals surface area contributed by atoms with Crippen molar-refractivity contribution >= 4 is 0 Å². The van der Waals surface area contributed by atoms with Gasteiger partial charge in [-0.3, -0.25) is 0 Å². The summed E-state index contributed by atoms with van der Waals surface area (Å²) in [7, 11) is 0. The van der Waals surface area contributed by atoms with Gasteiger partial charge in [0.2, 0.25) is 6.29 Å². The van der Waals surface area contributed by atoms with Gasteiger partial charge in [0, 0.05) is 11.5 Å². The number of hydrogen-bond acceptors (Lipinski definition) is 8. The topological polar surface area (TPSA) is 129 Å². The van der Waals surface area contributed by atoms with Crippen LogP contribution >= 0.6 is 0 Å². The maximum absolute atomic E-state index is 10.00. The number of hydrogen-bond donors (Lipinski definition) is 5. The summed E-state index contributed by atoms with van der Waals surface area (Å²) in [5, 5.41) is 48.5. The fourth-order valence-electron chi connectivity index (χ4n) is 2.61. The highest BCUT2D eigenvalue weighted by atomic mass is 16.7. The van der Waals surface area contributed by atoms with Crippen molar-refractivity contribution in [3.8, 4) is 0 Å². The van der Waals surface area contributed by atoms with Crippen molar-refractivity contribution in [2.75, 3.05) is 6.61 Å². The fourth-order valence-corrected chi connectivity index (χ4v) is 2.61. The molecule has 1 fully saturated rings. The molecular formula is C14H24O8. The summed E-state index contributed by atoms with van der Waals surface area (Å²) in [6.45, 7) is 4.71. The first-order valence-electron chi connectivity index (χ1n) is 7.29. The highest BCUT2D eigenvalue weighted by Gasteiger charge is 2.46. The van der Waals surface area contributed by atoms with Crippen LogP contribution in [0.15, 0.2) is 11.3 Å². The maximum Gasteiger partial charge on any atom is 0.228 e. The molecule has 1 saturated heterocycles. The maximum atomic E-state index is 10.00. The van der Waals surface area contributed by atoms with Crippen molar-refractivity contribution in [3.63, 3.8) is 0 Å². The lowest BCUT2D eigenvalue weighted by atomic mass is 9.96. The standard InChI is InChI=1S/C14H24O8/c1-5-7(3)20-13(19)6(2)12(5)22-14-11(18)10(17)9(16)8(4-15)21-14/h5,7-11,13-19H,4H2,1-3H3/t5-,7?,8-,9-,10+,11-,13?,14+/m1/s1. The molecule has 5 N–H and O–H groups in total. The van der Waals surface area contributed by atoms with Crippen molar-refractivity contribution in [1.82, 2.24) is 0 Å². The molecule has 0 amide bonds. The molecule has 8 nitrogen and oxygen atoms in total. The van der Waals surface area contributed by atoms with Crippen molar-refractivity contribution < 1.29 is 39.7 Å². The summed E-state index contributed by atoms with van der Waals surface area (Å²) in [5.74, 6) is 0.200. The quantitative estimate of drug-likeness (QED) is 0.423. The average Bonchev–Trinajstić information content (AvgIpc) is 2.49. The first-order chi connectivity index (χ1) is 10.3. The molecule has 128 valence electrons. The zero-order chi connectivity index (χ0) is 16.6. The molecule has 0 aliphatic carbocycles. The highest BCUT2D eigenvalue weighted by Crippen LogP contribution is 2.33. The van der Waals surface area contributed by atoms with Gasteiger partial charge in [-0.05, 0) is 13.8 Å². The van der Waals surface area contributed by atoms with E-state index in [4.69, 9.17) is 14.2 Å². The van der Waals surface area contributed by atoms with Gasteiger partial charge in [0.25, 0.3) is 0 Å². The second kappa shape index (κ2) is 6.79. The number of aliphatic hydroxyl groups is 5. The Hall–Kier alpha value is -0.740. The van der Waals surface area contributed by atoms with E-state index >= 15 is 0 Å². The molecule has 0 bridgehead atoms. The van der Waals surface area contributed by atoms with E-state index in [0.717, 1.165) is 0 Å². The number of aliphatic hydroxyl groups excluding tert-OH is 5. The van der Waals surface area contributed by atoms with Crippen molar-refractivity contribution in [3.05, 3.63) is 11.3 Å². The smallest absolute Gasteiger partial charge is 0.228 e. The summed E-state index contributed by atoms with van der Waals surface area (Å²) < 4.78 is 16.3. The highest BCUT2D eigenvalue weighted by molar-refractivity contribution is 5.15. The normalized spacial score (nSPS) is 46.7. The van der Waals surface area contributed by atoms with E-state index in [0.29, 0.717) is 11.3 Å². The third-order valence-corrected chi connectivity index (χ3v) is 4.31. The minimum atomic E-state index is -1.51. The lowest BCUT2D eigenvalue weighted by molar-refractivity contribution is -0.296. The van der Waals surface area contributed by atoms with Crippen LogP contribution in [0.1, 0.15) is 20.8 Å². The molecule has 0 radical (unpaired) electrons. The van der Waals surface area contributed by atoms with E-state index in [1.165, 1.54) is 0 Å². The van der Waals surface area contributed by atoms with E-state index < -0.39 is 43.6 Å². The first-order valence-corrected chi connectivity index (χ1v) is 7.29. The zero-order valence-electron chi connectivity index (χ0n) is 12.8. The van der Waals surface area contributed by atoms with Crippen LogP contribution in [-0.4, -0.2) is 75.2 Å². The van der Waals surface area contributed by atoms with Gasteiger partial charge in [-0.2, -0.15) is 0 Å². The predicted octanol–water partition coefficient (Wildman–Crippen LogP) is -1.55. The van der Waals surface area contributed by atoms with Crippen LogP contribution in [0.25, 0.3) is 0 Å². The van der Waals surface area contributed by atoms with Gasteiger partial charge in [0.05, 0.1) is 12.7 Å². The minimum absolute atomic E-state index is 0.198. The molecule has 0 aromatic heterocycles. The molecule has 0 saturated carbocycles. The SMILES string of the molecule is CC1=C(O[C@@H]2O[C@H](CO)[C@@H](O)[C@H](O)[C@H]2O)[C@H](C)C(C)OC1O. The Labute approximate surface area is 128 Å². The Balaban J connectivity index is 2.19. The number of rotatable bonds is 3. The van der Waals surface area contributed by atoms with Crippen molar-refractivity contribution in [1.29, 1.82) is 0 Å². The monoisotopic (exact) mass is 320 g/mol. The Bertz CT molecular complexity index is 423. The lowest BCUT2D eigenvalue weighted by Gasteiger charge is -2.42. The molecule has 2 heterocycles. The van der Waals surface area contributed by atoms with Crippen LogP contribution < -0.4 is 0 Å². The summed E-state index contributed by atoms with van der Waals surface area (Å²) in [5.41, 5.74) is 0.447. The number of ether oxygens (including phenoxy) is 3. The fraction of sp³-hybridized carbons (Fsp3) is 0.857. The Morgan fingerprint density at radius 1 is 1.00 bits per heavy atom. The van der Waals surface area contributed by atoms with E-state index in [9.17, 15) is 25.5 Å². The molecule has 0 aromatic rings. The molecule has 8 heteroatoms. The van der Waals surface area contributed by atoms with Gasteiger partial charge >= 0.3 is 0 Å². The summed E-state index contributed by atoms with van der Waals surface area (Å²) in [6.07, 6.45) is -8.16. The van der Waals surface area contributed by atoms with Gasteiger partial charge in [-0.25, -0.2) is 0 Å². The predicted molar refractivity (Wildman–Crippen MR) is 73.3 cm³/mol. The van der Waals surface area contributed by atoms with Gasteiger partial charge in [0.1, 0.15) is 30.2 Å². The van der Waals surface area contributed by atoms with Crippen LogP contribution in [0, 0.1) is 5.92 Å². The third kappa shape index (κ3) is 3.13. The molecule has 8 atom stereocenters. The Kier molecular flexibility index (Phi) is 5.44. The average molecular weight is 320 g/mol. The minimum Gasteiger partial charge on any atom is -0.466 e. The Morgan fingerprint density at radius 3 is 2.23 bits per heavy atom. The van der Waals surface area contributed by atoms with Crippen LogP contribution in [0.3, 0.4) is 0 Å². The summed E-state index contributed by atoms with van der Waals surface area (Å²) in [6, 6.07) is 0. The van der Waals surface area contributed by atoms with Gasteiger partial charge in [-0.15, -0.1) is 0 Å². The zero-order valence-corrected chi connectivity index (χ0v) is 12.8. The van der Waals surface area contributed by atoms with Gasteiger partial charge < -0.3 is 39.7 Å². The molecule has 0 spiro atoms. The summed E-state index contributed by atoms with van der Waals surface area (Å²) >= 11 is 0. The molecular weight excluding hydrogens is 296 g/mol. The van der Waals surface area contributed by atoms with Crippen molar-refractivity contribution in [2.45, 2.75) is 63.9 Å². The van der Waals surface area contributed by atoms with Crippen LogP contribution in [0.2, 0.25) is 0 Å². The van der Waals surface area contributed by atoms with Crippen LogP contribution in [0.4, 0.5) is 0 Å². The lowest BCUT2D eigenvalue weighted by Crippen LogP contribution is -2.59. The molecule has 2 aliphatic heterocycles. The largest absolute Gasteiger partial charge is 0.466 e. The molecule has 2 aliphatic rings. The second-order valence-corrected chi connectivity index (χ2v) is 5.84. The van der Waals surface area contributed by atoms with Crippen molar-refractivity contribution in [2.24, 2.45) is 5.92 Å². The molecule has 2 unspecified atom stereocenters. The van der Waals surface area contributed by atoms with E-state index in [1.807, 2.05) is 6.92 Å². The van der Waals surface area contributed by atoms with E-state index in [2.05, 4.69) is 0 Å². The molecule has 22 heavy (non-hydrogen) atoms. The van der Waals surface area contributed by atoms with Crippen LogP contribution in [-0.2, 0) is 14.2 Å². The third-order valence-electron chi connectivity index (χ3n) is 4.31. The van der Waals surface area contributed by atoms with Crippen LogP contribution in [0.5, 0.6) is 0 Å². The van der Waals surface area contributed by atoms with E-state index in [1.54, 1.807) is 13.8 Å². The molecule has 2 rings (SSSR count). The van der Waals surface area contributed by atoms with Gasteiger partial charge in [0.15, 0.2) is 6.29 Å². The van der Waals surface area contributed by atoms with Gasteiger partial charge in [-0.1, -0.05) is 6.92 Å².